The van der Waals surface area contributed by atoms with Crippen LogP contribution in [0.2, 0.25) is 0 Å². The summed E-state index contributed by atoms with van der Waals surface area (Å²) in [5, 5.41) is 7.08. The molecular weight excluding hydrogens is 378 g/mol. The quantitative estimate of drug-likeness (QED) is 0.849. The predicted molar refractivity (Wildman–Crippen MR) is 78.0 cm³/mol. The maximum atomic E-state index is 5.26. The number of halogens is 2. The first-order valence-corrected chi connectivity index (χ1v) is 7.20. The summed E-state index contributed by atoms with van der Waals surface area (Å²) in [5.74, 6) is 2.02. The summed E-state index contributed by atoms with van der Waals surface area (Å²) in [4.78, 5) is 4.13. The van der Waals surface area contributed by atoms with Gasteiger partial charge in [-0.2, -0.15) is 4.98 Å². The molecule has 2 aromatic rings. The number of benzene rings is 1. The van der Waals surface area contributed by atoms with Crippen LogP contribution in [0.25, 0.3) is 0 Å². The van der Waals surface area contributed by atoms with Crippen LogP contribution in [-0.4, -0.2) is 17.3 Å². The summed E-state index contributed by atoms with van der Waals surface area (Å²) >= 11 is 6.95. The normalized spacial score (nSPS) is 10.7. The van der Waals surface area contributed by atoms with Gasteiger partial charge in [-0.05, 0) is 49.6 Å². The summed E-state index contributed by atoms with van der Waals surface area (Å²) in [6.45, 7) is 3.04. The molecule has 0 saturated carbocycles. The van der Waals surface area contributed by atoms with Gasteiger partial charge in [-0.25, -0.2) is 0 Å². The van der Waals surface area contributed by atoms with Crippen LogP contribution in [0.4, 0.5) is 0 Å². The van der Waals surface area contributed by atoms with E-state index in [2.05, 4.69) is 47.3 Å². The minimum absolute atomic E-state index is 0.568. The third kappa shape index (κ3) is 3.77. The lowest BCUT2D eigenvalue weighted by Crippen LogP contribution is -2.13. The maximum Gasteiger partial charge on any atom is 0.223 e. The number of ether oxygens (including phenoxy) is 1. The standard InChI is InChI=1S/C12H13Br2N3O2/c1-7-16-11(17-19-7)6-15-5-8-3-9(13)12(18-2)10(14)4-8/h3-4,15H,5-6H2,1-2H3. The Hall–Kier alpha value is -0.920. The third-order valence-electron chi connectivity index (χ3n) is 2.44. The van der Waals surface area contributed by atoms with Gasteiger partial charge in [0.25, 0.3) is 0 Å². The van der Waals surface area contributed by atoms with E-state index in [4.69, 9.17) is 9.26 Å². The van der Waals surface area contributed by atoms with Crippen molar-refractivity contribution < 1.29 is 9.26 Å². The first kappa shape index (κ1) is 14.5. The first-order valence-electron chi connectivity index (χ1n) is 5.62. The summed E-state index contributed by atoms with van der Waals surface area (Å²) in [5.41, 5.74) is 1.12. The molecule has 2 rings (SSSR count). The highest BCUT2D eigenvalue weighted by Gasteiger charge is 2.08. The van der Waals surface area contributed by atoms with E-state index in [1.54, 1.807) is 14.0 Å². The molecule has 7 heteroatoms. The Bertz CT molecular complexity index is 549. The van der Waals surface area contributed by atoms with Crippen molar-refractivity contribution >= 4 is 31.9 Å². The van der Waals surface area contributed by atoms with Gasteiger partial charge >= 0.3 is 0 Å². The van der Waals surface area contributed by atoms with Gasteiger partial charge in [0, 0.05) is 13.5 Å². The highest BCUT2D eigenvalue weighted by Crippen LogP contribution is 2.34. The molecule has 0 spiro atoms. The number of aryl methyl sites for hydroxylation is 1. The molecule has 0 atom stereocenters. The number of hydrogen-bond donors (Lipinski definition) is 1. The Morgan fingerprint density at radius 2 is 1.95 bits per heavy atom. The molecule has 0 amide bonds. The zero-order valence-corrected chi connectivity index (χ0v) is 13.7. The van der Waals surface area contributed by atoms with Crippen molar-refractivity contribution in [3.63, 3.8) is 0 Å². The molecular formula is C12H13Br2N3O2. The zero-order valence-electron chi connectivity index (χ0n) is 10.5. The number of methoxy groups -OCH3 is 1. The average molecular weight is 391 g/mol. The van der Waals surface area contributed by atoms with Gasteiger partial charge in [0.05, 0.1) is 22.6 Å². The highest BCUT2D eigenvalue weighted by molar-refractivity contribution is 9.11. The average Bonchev–Trinajstić information content (AvgIpc) is 2.75. The molecule has 0 unspecified atom stereocenters. The van der Waals surface area contributed by atoms with Crippen molar-refractivity contribution in [1.82, 2.24) is 15.5 Å². The molecule has 1 heterocycles. The second kappa shape index (κ2) is 6.49. The Kier molecular flexibility index (Phi) is 4.95. The van der Waals surface area contributed by atoms with Crippen LogP contribution >= 0.6 is 31.9 Å². The van der Waals surface area contributed by atoms with Crippen LogP contribution in [-0.2, 0) is 13.1 Å². The van der Waals surface area contributed by atoms with E-state index >= 15 is 0 Å². The van der Waals surface area contributed by atoms with Crippen molar-refractivity contribution in [2.24, 2.45) is 0 Å². The SMILES string of the molecule is COc1c(Br)cc(CNCc2noc(C)n2)cc1Br. The van der Waals surface area contributed by atoms with Gasteiger partial charge in [0.1, 0.15) is 5.75 Å². The van der Waals surface area contributed by atoms with Gasteiger partial charge in [0.15, 0.2) is 5.82 Å². The lowest BCUT2D eigenvalue weighted by Gasteiger charge is -2.09. The summed E-state index contributed by atoms with van der Waals surface area (Å²) in [6.07, 6.45) is 0. The fourth-order valence-electron chi connectivity index (χ4n) is 1.64. The number of hydrogen-bond acceptors (Lipinski definition) is 5. The Morgan fingerprint density at radius 1 is 1.26 bits per heavy atom. The lowest BCUT2D eigenvalue weighted by molar-refractivity contribution is 0.385. The van der Waals surface area contributed by atoms with Gasteiger partial charge in [-0.3, -0.25) is 0 Å². The van der Waals surface area contributed by atoms with E-state index in [9.17, 15) is 0 Å². The Labute approximate surface area is 128 Å². The van der Waals surface area contributed by atoms with E-state index in [0.717, 1.165) is 20.3 Å². The van der Waals surface area contributed by atoms with E-state index < -0.39 is 0 Å². The van der Waals surface area contributed by atoms with Crippen LogP contribution < -0.4 is 10.1 Å². The van der Waals surface area contributed by atoms with E-state index in [1.165, 1.54) is 0 Å². The van der Waals surface area contributed by atoms with Crippen molar-refractivity contribution in [2.75, 3.05) is 7.11 Å². The molecule has 1 aromatic heterocycles. The predicted octanol–water partition coefficient (Wildman–Crippen LogP) is 3.20. The lowest BCUT2D eigenvalue weighted by atomic mass is 10.2. The molecule has 1 N–H and O–H groups in total. The second-order valence-corrected chi connectivity index (χ2v) is 5.63. The molecule has 1 aromatic carbocycles. The first-order chi connectivity index (χ1) is 9.10. The smallest absolute Gasteiger partial charge is 0.223 e. The van der Waals surface area contributed by atoms with E-state index in [-0.39, 0.29) is 0 Å². The van der Waals surface area contributed by atoms with Gasteiger partial charge < -0.3 is 14.6 Å². The van der Waals surface area contributed by atoms with Crippen molar-refractivity contribution in [3.8, 4) is 5.75 Å². The number of nitrogens with one attached hydrogen (secondary N) is 1. The molecule has 0 aliphatic rings. The van der Waals surface area contributed by atoms with Gasteiger partial charge in [0.2, 0.25) is 5.89 Å². The van der Waals surface area contributed by atoms with Gasteiger partial charge in [-0.1, -0.05) is 5.16 Å². The third-order valence-corrected chi connectivity index (χ3v) is 3.62. The van der Waals surface area contributed by atoms with Crippen LogP contribution in [0.1, 0.15) is 17.3 Å². The fourth-order valence-corrected chi connectivity index (χ4v) is 3.25. The molecule has 0 radical (unpaired) electrons. The van der Waals surface area contributed by atoms with Crippen molar-refractivity contribution in [3.05, 3.63) is 38.4 Å². The van der Waals surface area contributed by atoms with Crippen LogP contribution in [0.3, 0.4) is 0 Å². The summed E-state index contributed by atoms with van der Waals surface area (Å²) < 4.78 is 12.0. The van der Waals surface area contributed by atoms with E-state index in [0.29, 0.717) is 24.8 Å². The molecule has 19 heavy (non-hydrogen) atoms. The molecule has 0 fully saturated rings. The maximum absolute atomic E-state index is 5.26. The topological polar surface area (TPSA) is 60.2 Å². The molecule has 0 aliphatic carbocycles. The van der Waals surface area contributed by atoms with E-state index in [1.807, 2.05) is 12.1 Å². The molecule has 0 aliphatic heterocycles. The molecule has 5 nitrogen and oxygen atoms in total. The molecule has 102 valence electrons. The summed E-state index contributed by atoms with van der Waals surface area (Å²) in [7, 11) is 1.64. The van der Waals surface area contributed by atoms with Crippen molar-refractivity contribution in [2.45, 2.75) is 20.0 Å². The Morgan fingerprint density at radius 3 is 2.47 bits per heavy atom. The second-order valence-electron chi connectivity index (χ2n) is 3.93. The highest BCUT2D eigenvalue weighted by atomic mass is 79.9. The van der Waals surface area contributed by atoms with Crippen LogP contribution in [0.15, 0.2) is 25.6 Å². The minimum atomic E-state index is 0.568. The number of nitrogens with zero attached hydrogens (tertiary/aromatic N) is 2. The van der Waals surface area contributed by atoms with Crippen LogP contribution in [0.5, 0.6) is 5.75 Å². The zero-order chi connectivity index (χ0) is 13.8. The number of rotatable bonds is 5. The van der Waals surface area contributed by atoms with Gasteiger partial charge in [-0.15, -0.1) is 0 Å². The summed E-state index contributed by atoms with van der Waals surface area (Å²) in [6, 6.07) is 4.02. The molecule has 0 bridgehead atoms. The monoisotopic (exact) mass is 389 g/mol. The minimum Gasteiger partial charge on any atom is -0.494 e. The largest absolute Gasteiger partial charge is 0.494 e. The van der Waals surface area contributed by atoms with Crippen molar-refractivity contribution in [1.29, 1.82) is 0 Å². The van der Waals surface area contributed by atoms with Crippen LogP contribution in [0, 0.1) is 6.92 Å². The Balaban J connectivity index is 1.96. The number of aromatic nitrogens is 2. The molecule has 0 saturated heterocycles. The fraction of sp³-hybridized carbons (Fsp3) is 0.333.